The van der Waals surface area contributed by atoms with Crippen LogP contribution >= 0.6 is 34.8 Å². The summed E-state index contributed by atoms with van der Waals surface area (Å²) >= 11 is 18.0. The number of hydrogen-bond acceptors (Lipinski definition) is 4. The van der Waals surface area contributed by atoms with Gasteiger partial charge in [0.1, 0.15) is 5.75 Å². The van der Waals surface area contributed by atoms with Crippen LogP contribution in [0.25, 0.3) is 11.4 Å². The number of aryl methyl sites for hydroxylation is 1. The lowest BCUT2D eigenvalue weighted by Gasteiger charge is -2.07. The maximum Gasteiger partial charge on any atom is 0.227 e. The van der Waals surface area contributed by atoms with Gasteiger partial charge < -0.3 is 9.26 Å². The molecule has 1 heterocycles. The fourth-order valence-corrected chi connectivity index (χ4v) is 2.79. The number of nitrogens with zero attached hydrogens (tertiary/aromatic N) is 2. The molecule has 0 amide bonds. The van der Waals surface area contributed by atoms with Gasteiger partial charge in [0.05, 0.1) is 16.7 Å². The van der Waals surface area contributed by atoms with Crippen molar-refractivity contribution in [3.8, 4) is 17.1 Å². The van der Waals surface area contributed by atoms with Gasteiger partial charge in [-0.1, -0.05) is 52.1 Å². The van der Waals surface area contributed by atoms with E-state index in [2.05, 4.69) is 10.1 Å². The van der Waals surface area contributed by atoms with Crippen molar-refractivity contribution in [2.45, 2.75) is 12.8 Å². The summed E-state index contributed by atoms with van der Waals surface area (Å²) in [7, 11) is 0. The van der Waals surface area contributed by atoms with E-state index in [4.69, 9.17) is 44.1 Å². The summed E-state index contributed by atoms with van der Waals surface area (Å²) in [6.45, 7) is 0.477. The van der Waals surface area contributed by atoms with Crippen LogP contribution in [0.3, 0.4) is 0 Å². The Bertz CT molecular complexity index is 836. The number of ether oxygens (including phenoxy) is 1. The topological polar surface area (TPSA) is 48.2 Å². The predicted molar refractivity (Wildman–Crippen MR) is 95.0 cm³/mol. The zero-order valence-electron chi connectivity index (χ0n) is 12.5. The van der Waals surface area contributed by atoms with Gasteiger partial charge in [-0.15, -0.1) is 0 Å². The Hall–Kier alpha value is -1.75. The van der Waals surface area contributed by atoms with Crippen LogP contribution in [0, 0.1) is 0 Å². The molecule has 0 aliphatic carbocycles. The second-order valence-corrected chi connectivity index (χ2v) is 6.27. The smallest absolute Gasteiger partial charge is 0.227 e. The summed E-state index contributed by atoms with van der Waals surface area (Å²) in [5, 5.41) is 5.61. The van der Waals surface area contributed by atoms with Crippen molar-refractivity contribution in [2.75, 3.05) is 6.61 Å². The van der Waals surface area contributed by atoms with E-state index in [1.165, 1.54) is 0 Å². The Morgan fingerprint density at radius 2 is 1.83 bits per heavy atom. The third-order valence-electron chi connectivity index (χ3n) is 3.27. The number of hydrogen-bond donors (Lipinski definition) is 0. The van der Waals surface area contributed by atoms with Crippen molar-refractivity contribution in [2.24, 2.45) is 0 Å². The van der Waals surface area contributed by atoms with Crippen LogP contribution in [0.5, 0.6) is 5.75 Å². The normalized spacial score (nSPS) is 10.8. The van der Waals surface area contributed by atoms with Gasteiger partial charge in [0.15, 0.2) is 0 Å². The van der Waals surface area contributed by atoms with Gasteiger partial charge in [-0.05, 0) is 36.8 Å². The predicted octanol–water partition coefficient (Wildman–Crippen LogP) is 5.71. The second-order valence-electron chi connectivity index (χ2n) is 5.02. The fraction of sp³-hybridized carbons (Fsp3) is 0.176. The Balaban J connectivity index is 1.54. The molecule has 0 unspecified atom stereocenters. The molecule has 0 saturated heterocycles. The molecule has 2 aromatic carbocycles. The van der Waals surface area contributed by atoms with E-state index < -0.39 is 0 Å². The maximum absolute atomic E-state index is 6.12. The summed E-state index contributed by atoms with van der Waals surface area (Å²) in [6, 6.07) is 12.5. The Labute approximate surface area is 154 Å². The van der Waals surface area contributed by atoms with E-state index in [0.29, 0.717) is 52.0 Å². The number of benzene rings is 2. The van der Waals surface area contributed by atoms with Gasteiger partial charge in [-0.25, -0.2) is 0 Å². The summed E-state index contributed by atoms with van der Waals surface area (Å²) < 4.78 is 10.9. The molecule has 0 spiro atoms. The number of halogens is 3. The van der Waals surface area contributed by atoms with E-state index in [-0.39, 0.29) is 0 Å². The summed E-state index contributed by atoms with van der Waals surface area (Å²) in [5.41, 5.74) is 0.748. The van der Waals surface area contributed by atoms with Gasteiger partial charge in [0, 0.05) is 17.0 Å². The van der Waals surface area contributed by atoms with Gasteiger partial charge >= 0.3 is 0 Å². The average Bonchev–Trinajstić information content (AvgIpc) is 3.02. The minimum absolute atomic E-state index is 0.477. The van der Waals surface area contributed by atoms with E-state index in [1.54, 1.807) is 24.3 Å². The van der Waals surface area contributed by atoms with Crippen molar-refractivity contribution in [3.63, 3.8) is 0 Å². The van der Waals surface area contributed by atoms with Crippen molar-refractivity contribution < 1.29 is 9.26 Å². The quantitative estimate of drug-likeness (QED) is 0.512. The molecule has 0 saturated carbocycles. The second kappa shape index (κ2) is 7.88. The maximum atomic E-state index is 6.12. The molecule has 0 aliphatic heterocycles. The highest BCUT2D eigenvalue weighted by Gasteiger charge is 2.11. The highest BCUT2D eigenvalue weighted by molar-refractivity contribution is 6.35. The van der Waals surface area contributed by atoms with Gasteiger partial charge in [-0.2, -0.15) is 4.98 Å². The molecule has 0 atom stereocenters. The SMILES string of the molecule is Clc1ccc(OCCCc2nc(-c3ccccc3Cl)no2)c(Cl)c1. The van der Waals surface area contributed by atoms with Crippen LogP contribution in [-0.2, 0) is 6.42 Å². The first-order valence-corrected chi connectivity index (χ1v) is 8.42. The number of rotatable bonds is 6. The zero-order chi connectivity index (χ0) is 16.9. The van der Waals surface area contributed by atoms with E-state index in [9.17, 15) is 0 Å². The third kappa shape index (κ3) is 4.20. The molecule has 1 aromatic heterocycles. The Morgan fingerprint density at radius 3 is 2.62 bits per heavy atom. The zero-order valence-corrected chi connectivity index (χ0v) is 14.8. The summed E-state index contributed by atoms with van der Waals surface area (Å²) in [6.07, 6.45) is 1.31. The van der Waals surface area contributed by atoms with Crippen LogP contribution in [-0.4, -0.2) is 16.7 Å². The van der Waals surface area contributed by atoms with Crippen LogP contribution in [0.1, 0.15) is 12.3 Å². The van der Waals surface area contributed by atoms with E-state index in [0.717, 1.165) is 5.56 Å². The van der Waals surface area contributed by atoms with Gasteiger partial charge in [-0.3, -0.25) is 0 Å². The first-order chi connectivity index (χ1) is 11.6. The van der Waals surface area contributed by atoms with E-state index in [1.807, 2.05) is 18.2 Å². The third-order valence-corrected chi connectivity index (χ3v) is 4.13. The Morgan fingerprint density at radius 1 is 1.00 bits per heavy atom. The molecule has 124 valence electrons. The van der Waals surface area contributed by atoms with Gasteiger partial charge in [0.25, 0.3) is 0 Å². The first kappa shape index (κ1) is 17.1. The van der Waals surface area contributed by atoms with Crippen molar-refractivity contribution in [3.05, 3.63) is 63.4 Å². The first-order valence-electron chi connectivity index (χ1n) is 7.29. The van der Waals surface area contributed by atoms with Crippen LogP contribution < -0.4 is 4.74 Å². The lowest BCUT2D eigenvalue weighted by atomic mass is 10.2. The highest BCUT2D eigenvalue weighted by Crippen LogP contribution is 2.28. The summed E-state index contributed by atoms with van der Waals surface area (Å²) in [5.74, 6) is 1.62. The monoisotopic (exact) mass is 382 g/mol. The molecule has 0 aliphatic rings. The fourth-order valence-electron chi connectivity index (χ4n) is 2.11. The molecule has 3 aromatic rings. The van der Waals surface area contributed by atoms with Crippen molar-refractivity contribution >= 4 is 34.8 Å². The van der Waals surface area contributed by atoms with Crippen LogP contribution in [0.2, 0.25) is 15.1 Å². The van der Waals surface area contributed by atoms with Crippen molar-refractivity contribution in [1.82, 2.24) is 10.1 Å². The number of aromatic nitrogens is 2. The Kier molecular flexibility index (Phi) is 5.61. The van der Waals surface area contributed by atoms with Crippen LogP contribution in [0.4, 0.5) is 0 Å². The summed E-state index contributed by atoms with van der Waals surface area (Å²) in [4.78, 5) is 4.35. The molecule has 24 heavy (non-hydrogen) atoms. The largest absolute Gasteiger partial charge is 0.492 e. The molecule has 7 heteroatoms. The van der Waals surface area contributed by atoms with Gasteiger partial charge in [0.2, 0.25) is 11.7 Å². The molecule has 0 fully saturated rings. The standard InChI is InChI=1S/C17H13Cl3N2O2/c18-11-7-8-15(14(20)10-11)23-9-3-6-16-21-17(22-24-16)12-4-1-2-5-13(12)19/h1-2,4-5,7-8,10H,3,6,9H2. The minimum atomic E-state index is 0.477. The molecule has 0 bridgehead atoms. The highest BCUT2D eigenvalue weighted by atomic mass is 35.5. The van der Waals surface area contributed by atoms with Crippen molar-refractivity contribution in [1.29, 1.82) is 0 Å². The molecule has 0 N–H and O–H groups in total. The average molecular weight is 384 g/mol. The molecule has 4 nitrogen and oxygen atoms in total. The van der Waals surface area contributed by atoms with Crippen LogP contribution in [0.15, 0.2) is 47.0 Å². The minimum Gasteiger partial charge on any atom is -0.492 e. The van der Waals surface area contributed by atoms with E-state index >= 15 is 0 Å². The molecule has 3 rings (SSSR count). The lowest BCUT2D eigenvalue weighted by Crippen LogP contribution is -2.00. The molecular formula is C17H13Cl3N2O2. The molecular weight excluding hydrogens is 371 g/mol. The molecule has 0 radical (unpaired) electrons. The lowest BCUT2D eigenvalue weighted by molar-refractivity contribution is 0.298.